The van der Waals surface area contributed by atoms with Gasteiger partial charge in [0.25, 0.3) is 0 Å². The number of hydrogen-bond donors (Lipinski definition) is 2. The molecule has 2 amide bonds. The van der Waals surface area contributed by atoms with Crippen molar-refractivity contribution >= 4 is 11.8 Å². The van der Waals surface area contributed by atoms with Crippen LogP contribution in [0.1, 0.15) is 72.7 Å². The highest BCUT2D eigenvalue weighted by molar-refractivity contribution is 5.85. The Morgan fingerprint density at radius 1 is 0.903 bits per heavy atom. The van der Waals surface area contributed by atoms with E-state index in [0.29, 0.717) is 32.6 Å². The van der Waals surface area contributed by atoms with Gasteiger partial charge in [-0.2, -0.15) is 0 Å². The first-order valence-electron chi connectivity index (χ1n) is 10.9. The van der Waals surface area contributed by atoms with Crippen molar-refractivity contribution in [3.63, 3.8) is 0 Å². The van der Waals surface area contributed by atoms with E-state index in [1.807, 2.05) is 53.7 Å². The number of hydrogen-bond acceptors (Lipinski definition) is 5. The molecule has 0 radical (unpaired) electrons. The van der Waals surface area contributed by atoms with Crippen molar-refractivity contribution in [1.29, 1.82) is 0 Å². The molecule has 0 spiro atoms. The van der Waals surface area contributed by atoms with Crippen LogP contribution >= 0.6 is 0 Å². The van der Waals surface area contributed by atoms with E-state index in [1.165, 1.54) is 0 Å². The second-order valence-corrected chi connectivity index (χ2v) is 8.78. The number of rotatable bonds is 7. The summed E-state index contributed by atoms with van der Waals surface area (Å²) in [6.07, 6.45) is 1.29. The average Bonchev–Trinajstić information content (AvgIpc) is 3.25. The van der Waals surface area contributed by atoms with Crippen molar-refractivity contribution in [2.45, 2.75) is 71.8 Å². The van der Waals surface area contributed by atoms with Gasteiger partial charge in [-0.15, -0.1) is 0 Å². The molecule has 170 valence electrons. The molecule has 2 unspecified atom stereocenters. The van der Waals surface area contributed by atoms with E-state index < -0.39 is 5.54 Å². The number of amides is 2. The van der Waals surface area contributed by atoms with E-state index in [-0.39, 0.29) is 23.7 Å². The van der Waals surface area contributed by atoms with Gasteiger partial charge in [0.15, 0.2) is 0 Å². The molecule has 2 aromatic heterocycles. The second-order valence-electron chi connectivity index (χ2n) is 8.78. The minimum atomic E-state index is -0.535. The molecule has 3 heterocycles. The summed E-state index contributed by atoms with van der Waals surface area (Å²) in [6.45, 7) is 12.7. The largest absolute Gasteiger partial charge is 0.466 e. The molecular formula is C24H34N2O5. The van der Waals surface area contributed by atoms with Gasteiger partial charge in [0.05, 0.1) is 17.4 Å². The summed E-state index contributed by atoms with van der Waals surface area (Å²) in [6, 6.07) is 3.82. The zero-order valence-electron chi connectivity index (χ0n) is 19.4. The van der Waals surface area contributed by atoms with Gasteiger partial charge in [-0.1, -0.05) is 0 Å². The summed E-state index contributed by atoms with van der Waals surface area (Å²) in [5, 5.41) is 6.28. The van der Waals surface area contributed by atoms with Crippen LogP contribution in [-0.4, -0.2) is 37.1 Å². The van der Waals surface area contributed by atoms with Crippen LogP contribution in [0.3, 0.4) is 0 Å². The van der Waals surface area contributed by atoms with Crippen LogP contribution in [0.25, 0.3) is 0 Å². The maximum atomic E-state index is 13.1. The smallest absolute Gasteiger partial charge is 0.227 e. The first kappa shape index (κ1) is 23.1. The topological polar surface area (TPSA) is 93.7 Å². The van der Waals surface area contributed by atoms with Crippen molar-refractivity contribution in [2.24, 2.45) is 0 Å². The molecule has 2 atom stereocenters. The molecule has 2 N–H and O–H groups in total. The number of furan rings is 2. The highest BCUT2D eigenvalue weighted by Crippen LogP contribution is 2.27. The van der Waals surface area contributed by atoms with Crippen molar-refractivity contribution in [3.8, 4) is 0 Å². The molecule has 1 aliphatic heterocycles. The molecule has 0 saturated carbocycles. The molecule has 0 aromatic carbocycles. The molecule has 31 heavy (non-hydrogen) atoms. The molecule has 7 heteroatoms. The van der Waals surface area contributed by atoms with Crippen LogP contribution in [0.5, 0.6) is 0 Å². The van der Waals surface area contributed by atoms with Gasteiger partial charge in [-0.3, -0.25) is 9.59 Å². The Morgan fingerprint density at radius 3 is 1.84 bits per heavy atom. The van der Waals surface area contributed by atoms with Crippen molar-refractivity contribution in [2.75, 3.05) is 19.8 Å². The highest BCUT2D eigenvalue weighted by Gasteiger charge is 2.37. The van der Waals surface area contributed by atoms with Gasteiger partial charge >= 0.3 is 0 Å². The third-order valence-electron chi connectivity index (χ3n) is 6.32. The van der Waals surface area contributed by atoms with Gasteiger partial charge in [0.2, 0.25) is 11.8 Å². The normalized spacial score (nSPS) is 17.7. The molecular weight excluding hydrogens is 396 g/mol. The van der Waals surface area contributed by atoms with Gasteiger partial charge in [-0.25, -0.2) is 0 Å². The predicted octanol–water partition coefficient (Wildman–Crippen LogP) is 3.80. The third kappa shape index (κ3) is 5.21. The van der Waals surface area contributed by atoms with Gasteiger partial charge in [0.1, 0.15) is 23.0 Å². The lowest BCUT2D eigenvalue weighted by atomic mass is 9.88. The minimum Gasteiger partial charge on any atom is -0.466 e. The number of carbonyl (C=O) groups is 2. The maximum absolute atomic E-state index is 13.1. The van der Waals surface area contributed by atoms with E-state index in [0.717, 1.165) is 34.2 Å². The summed E-state index contributed by atoms with van der Waals surface area (Å²) in [4.78, 5) is 26.0. The Labute approximate surface area is 183 Å². The van der Waals surface area contributed by atoms with Crippen molar-refractivity contribution < 1.29 is 23.2 Å². The zero-order chi connectivity index (χ0) is 22.8. The fourth-order valence-electron chi connectivity index (χ4n) is 4.33. The second kappa shape index (κ2) is 9.30. The van der Waals surface area contributed by atoms with Crippen LogP contribution in [0.2, 0.25) is 0 Å². The molecule has 0 aliphatic carbocycles. The van der Waals surface area contributed by atoms with Crippen molar-refractivity contribution in [1.82, 2.24) is 10.6 Å². The fraction of sp³-hybridized carbons (Fsp3) is 0.583. The average molecular weight is 431 g/mol. The first-order valence-corrected chi connectivity index (χ1v) is 10.9. The number of aryl methyl sites for hydroxylation is 4. The monoisotopic (exact) mass is 430 g/mol. The van der Waals surface area contributed by atoms with Crippen LogP contribution in [0.15, 0.2) is 21.0 Å². The molecule has 0 bridgehead atoms. The van der Waals surface area contributed by atoms with Crippen LogP contribution in [0, 0.1) is 27.7 Å². The molecule has 1 aliphatic rings. The Morgan fingerprint density at radius 2 is 1.39 bits per heavy atom. The lowest BCUT2D eigenvalue weighted by molar-refractivity contribution is -0.127. The summed E-state index contributed by atoms with van der Waals surface area (Å²) in [5.74, 6) is 2.26. The van der Waals surface area contributed by atoms with Crippen LogP contribution in [-0.2, 0) is 14.3 Å². The SMILES string of the molecule is Cc1cc(C(C)C(=O)NCC2(NC(=O)C(C)c3cc(C)oc3C)CCOCC2)c(C)o1. The van der Waals surface area contributed by atoms with E-state index in [9.17, 15) is 9.59 Å². The molecule has 2 aromatic rings. The lowest BCUT2D eigenvalue weighted by Crippen LogP contribution is -2.59. The minimum absolute atomic E-state index is 0.0746. The number of carbonyl (C=O) groups excluding carboxylic acids is 2. The maximum Gasteiger partial charge on any atom is 0.227 e. The van der Waals surface area contributed by atoms with Gasteiger partial charge in [0, 0.05) is 30.9 Å². The van der Waals surface area contributed by atoms with E-state index in [2.05, 4.69) is 10.6 Å². The summed E-state index contributed by atoms with van der Waals surface area (Å²) < 4.78 is 16.7. The Bertz CT molecular complexity index is 936. The quantitative estimate of drug-likeness (QED) is 0.697. The summed E-state index contributed by atoms with van der Waals surface area (Å²) in [7, 11) is 0. The first-order chi connectivity index (χ1) is 14.6. The van der Waals surface area contributed by atoms with Crippen LogP contribution < -0.4 is 10.6 Å². The standard InChI is InChI=1S/C24H34N2O5/c1-14-11-20(18(5)30-14)16(3)22(27)25-13-24(7-9-29-10-8-24)26-23(28)17(4)21-12-15(2)31-19(21)6/h11-12,16-17H,7-10,13H2,1-6H3,(H,25,27)(H,26,28). The van der Waals surface area contributed by atoms with E-state index in [1.54, 1.807) is 0 Å². The summed E-state index contributed by atoms with van der Waals surface area (Å²) in [5.41, 5.74) is 1.24. The van der Waals surface area contributed by atoms with Gasteiger partial charge in [-0.05, 0) is 66.5 Å². The number of ether oxygens (including phenoxy) is 1. The predicted molar refractivity (Wildman–Crippen MR) is 117 cm³/mol. The fourth-order valence-corrected chi connectivity index (χ4v) is 4.33. The Hall–Kier alpha value is -2.54. The number of nitrogens with one attached hydrogen (secondary N) is 2. The Kier molecular flexibility index (Phi) is 6.94. The zero-order valence-corrected chi connectivity index (χ0v) is 19.4. The molecule has 7 nitrogen and oxygen atoms in total. The van der Waals surface area contributed by atoms with Crippen molar-refractivity contribution in [3.05, 3.63) is 46.3 Å². The lowest BCUT2D eigenvalue weighted by Gasteiger charge is -2.39. The third-order valence-corrected chi connectivity index (χ3v) is 6.32. The highest BCUT2D eigenvalue weighted by atomic mass is 16.5. The summed E-state index contributed by atoms with van der Waals surface area (Å²) >= 11 is 0. The molecule has 3 rings (SSSR count). The van der Waals surface area contributed by atoms with E-state index in [4.69, 9.17) is 13.6 Å². The van der Waals surface area contributed by atoms with Crippen LogP contribution in [0.4, 0.5) is 0 Å². The molecule has 1 saturated heterocycles. The van der Waals surface area contributed by atoms with Gasteiger partial charge < -0.3 is 24.2 Å². The molecule has 1 fully saturated rings. The van der Waals surface area contributed by atoms with E-state index >= 15 is 0 Å². The Balaban J connectivity index is 1.69.